The Hall–Kier alpha value is -2.19. The number of rotatable bonds is 6. The third-order valence-corrected chi connectivity index (χ3v) is 4.00. The van der Waals surface area contributed by atoms with Crippen LogP contribution >= 0.6 is 0 Å². The van der Waals surface area contributed by atoms with E-state index >= 15 is 0 Å². The van der Waals surface area contributed by atoms with E-state index in [4.69, 9.17) is 4.74 Å². The minimum absolute atomic E-state index is 0.0267. The lowest BCUT2D eigenvalue weighted by Crippen LogP contribution is -2.14. The van der Waals surface area contributed by atoms with Crippen molar-refractivity contribution in [2.24, 2.45) is 0 Å². The van der Waals surface area contributed by atoms with Crippen LogP contribution in [0.4, 0.5) is 5.69 Å². The Morgan fingerprint density at radius 1 is 1.29 bits per heavy atom. The predicted octanol–water partition coefficient (Wildman–Crippen LogP) is 1.17. The third-order valence-electron chi connectivity index (χ3n) is 2.63. The Balaban J connectivity index is 2.32. The maximum atomic E-state index is 12.2. The fraction of sp³-hybridized carbons (Fsp3) is 0.231. The molecule has 1 aromatic heterocycles. The van der Waals surface area contributed by atoms with Crippen molar-refractivity contribution >= 4 is 15.7 Å². The number of hydrogen-bond donors (Lipinski definition) is 2. The van der Waals surface area contributed by atoms with Gasteiger partial charge in [-0.25, -0.2) is 18.4 Å². The van der Waals surface area contributed by atoms with Crippen molar-refractivity contribution in [3.05, 3.63) is 42.5 Å². The lowest BCUT2D eigenvalue weighted by atomic mass is 10.2. The summed E-state index contributed by atoms with van der Waals surface area (Å²) in [4.78, 5) is 7.50. The normalized spacial score (nSPS) is 11.1. The SMILES string of the molecule is CCOc1ccc(S(=O)(=O)Nc2cncnc2)cc1CO. The molecule has 0 bridgehead atoms. The van der Waals surface area contributed by atoms with Crippen molar-refractivity contribution in [3.8, 4) is 5.75 Å². The van der Waals surface area contributed by atoms with Gasteiger partial charge in [-0.15, -0.1) is 0 Å². The van der Waals surface area contributed by atoms with E-state index in [1.807, 2.05) is 6.92 Å². The first-order valence-electron chi connectivity index (χ1n) is 6.21. The molecule has 0 radical (unpaired) electrons. The molecule has 0 unspecified atom stereocenters. The van der Waals surface area contributed by atoms with Crippen LogP contribution in [0.25, 0.3) is 0 Å². The molecule has 1 aromatic carbocycles. The van der Waals surface area contributed by atoms with Gasteiger partial charge in [-0.1, -0.05) is 0 Å². The van der Waals surface area contributed by atoms with Gasteiger partial charge < -0.3 is 9.84 Å². The van der Waals surface area contributed by atoms with E-state index in [-0.39, 0.29) is 17.2 Å². The fourth-order valence-corrected chi connectivity index (χ4v) is 2.79. The van der Waals surface area contributed by atoms with Crippen LogP contribution < -0.4 is 9.46 Å². The smallest absolute Gasteiger partial charge is 0.262 e. The number of ether oxygens (including phenoxy) is 1. The second kappa shape index (κ2) is 6.51. The van der Waals surface area contributed by atoms with E-state index in [0.29, 0.717) is 17.9 Å². The van der Waals surface area contributed by atoms with E-state index < -0.39 is 10.0 Å². The summed E-state index contributed by atoms with van der Waals surface area (Å²) in [6, 6.07) is 4.30. The maximum Gasteiger partial charge on any atom is 0.262 e. The van der Waals surface area contributed by atoms with Crippen molar-refractivity contribution < 1.29 is 18.3 Å². The first-order chi connectivity index (χ1) is 10.1. The molecular formula is C13H15N3O4S. The van der Waals surface area contributed by atoms with Gasteiger partial charge in [0.1, 0.15) is 12.1 Å². The summed E-state index contributed by atoms with van der Waals surface area (Å²) in [6.45, 7) is 1.93. The summed E-state index contributed by atoms with van der Waals surface area (Å²) in [5.41, 5.74) is 0.668. The number of aliphatic hydroxyl groups is 1. The lowest BCUT2D eigenvalue weighted by Gasteiger charge is -2.11. The van der Waals surface area contributed by atoms with Gasteiger partial charge in [0.05, 0.1) is 36.2 Å². The Kier molecular flexibility index (Phi) is 4.71. The van der Waals surface area contributed by atoms with Crippen LogP contribution in [0.5, 0.6) is 5.75 Å². The molecule has 0 aliphatic carbocycles. The molecule has 21 heavy (non-hydrogen) atoms. The number of sulfonamides is 1. The molecule has 0 aliphatic heterocycles. The van der Waals surface area contributed by atoms with Crippen LogP contribution in [0.15, 0.2) is 41.8 Å². The molecule has 0 spiro atoms. The van der Waals surface area contributed by atoms with Crippen molar-refractivity contribution in [1.82, 2.24) is 9.97 Å². The van der Waals surface area contributed by atoms with E-state index in [9.17, 15) is 13.5 Å². The molecule has 7 nitrogen and oxygen atoms in total. The monoisotopic (exact) mass is 309 g/mol. The van der Waals surface area contributed by atoms with Gasteiger partial charge in [0.15, 0.2) is 0 Å². The zero-order valence-electron chi connectivity index (χ0n) is 11.4. The molecule has 0 amide bonds. The quantitative estimate of drug-likeness (QED) is 0.830. The standard InChI is InChI=1S/C13H15N3O4S/c1-2-20-13-4-3-12(5-10(13)8-17)21(18,19)16-11-6-14-9-15-7-11/h3-7,9,16-17H,2,8H2,1H3. The zero-order valence-corrected chi connectivity index (χ0v) is 12.2. The Morgan fingerprint density at radius 2 is 2.00 bits per heavy atom. The summed E-state index contributed by atoms with van der Waals surface area (Å²) in [5.74, 6) is 0.460. The summed E-state index contributed by atoms with van der Waals surface area (Å²) in [5, 5.41) is 9.31. The highest BCUT2D eigenvalue weighted by atomic mass is 32.2. The first kappa shape index (κ1) is 15.2. The molecular weight excluding hydrogens is 294 g/mol. The van der Waals surface area contributed by atoms with E-state index in [1.165, 1.54) is 36.9 Å². The van der Waals surface area contributed by atoms with Crippen LogP contribution in [-0.2, 0) is 16.6 Å². The van der Waals surface area contributed by atoms with Gasteiger partial charge >= 0.3 is 0 Å². The average molecular weight is 309 g/mol. The number of hydrogen-bond acceptors (Lipinski definition) is 6. The highest BCUT2D eigenvalue weighted by Crippen LogP contribution is 2.24. The highest BCUT2D eigenvalue weighted by Gasteiger charge is 2.16. The second-order valence-electron chi connectivity index (χ2n) is 4.09. The zero-order chi connectivity index (χ0) is 15.3. The Labute approximate surface area is 122 Å². The van der Waals surface area contributed by atoms with Crippen LogP contribution in [0.1, 0.15) is 12.5 Å². The molecule has 2 rings (SSSR count). The fourth-order valence-electron chi connectivity index (χ4n) is 1.71. The number of nitrogens with one attached hydrogen (secondary N) is 1. The Bertz CT molecular complexity index is 705. The molecule has 0 fully saturated rings. The summed E-state index contributed by atoms with van der Waals surface area (Å²) >= 11 is 0. The van der Waals surface area contributed by atoms with Gasteiger partial charge in [-0.05, 0) is 25.1 Å². The van der Waals surface area contributed by atoms with E-state index in [1.54, 1.807) is 0 Å². The molecule has 0 aliphatic rings. The Morgan fingerprint density at radius 3 is 2.62 bits per heavy atom. The van der Waals surface area contributed by atoms with Gasteiger partial charge in [-0.2, -0.15) is 0 Å². The minimum atomic E-state index is -3.77. The van der Waals surface area contributed by atoms with Crippen molar-refractivity contribution in [3.63, 3.8) is 0 Å². The van der Waals surface area contributed by atoms with Crippen LogP contribution in [0.3, 0.4) is 0 Å². The third kappa shape index (κ3) is 3.67. The van der Waals surface area contributed by atoms with Gasteiger partial charge in [-0.3, -0.25) is 4.72 Å². The second-order valence-corrected chi connectivity index (χ2v) is 5.78. The molecule has 0 saturated carbocycles. The molecule has 2 N–H and O–H groups in total. The predicted molar refractivity (Wildman–Crippen MR) is 76.4 cm³/mol. The number of nitrogens with zero attached hydrogens (tertiary/aromatic N) is 2. The number of aromatic nitrogens is 2. The molecule has 0 atom stereocenters. The number of anilines is 1. The molecule has 8 heteroatoms. The summed E-state index contributed by atoms with van der Waals surface area (Å²) in [6.07, 6.45) is 4.01. The molecule has 0 saturated heterocycles. The first-order valence-corrected chi connectivity index (χ1v) is 7.69. The van der Waals surface area contributed by atoms with E-state index in [2.05, 4.69) is 14.7 Å². The topological polar surface area (TPSA) is 101 Å². The number of benzene rings is 1. The summed E-state index contributed by atoms with van der Waals surface area (Å²) in [7, 11) is -3.77. The summed E-state index contributed by atoms with van der Waals surface area (Å²) < 4.78 is 32.2. The van der Waals surface area contributed by atoms with Gasteiger partial charge in [0, 0.05) is 5.56 Å². The maximum absolute atomic E-state index is 12.2. The van der Waals surface area contributed by atoms with Crippen LogP contribution in [0, 0.1) is 0 Å². The molecule has 1 heterocycles. The van der Waals surface area contributed by atoms with Gasteiger partial charge in [0.25, 0.3) is 10.0 Å². The van der Waals surface area contributed by atoms with E-state index in [0.717, 1.165) is 0 Å². The van der Waals surface area contributed by atoms with Crippen LogP contribution in [-0.4, -0.2) is 30.1 Å². The van der Waals surface area contributed by atoms with Gasteiger partial charge in [0.2, 0.25) is 0 Å². The van der Waals surface area contributed by atoms with Crippen molar-refractivity contribution in [2.75, 3.05) is 11.3 Å². The molecule has 2 aromatic rings. The lowest BCUT2D eigenvalue weighted by molar-refractivity contribution is 0.266. The van der Waals surface area contributed by atoms with Crippen molar-refractivity contribution in [2.45, 2.75) is 18.4 Å². The number of aliphatic hydroxyl groups excluding tert-OH is 1. The van der Waals surface area contributed by atoms with Crippen molar-refractivity contribution in [1.29, 1.82) is 0 Å². The average Bonchev–Trinajstić information content (AvgIpc) is 2.48. The highest BCUT2D eigenvalue weighted by molar-refractivity contribution is 7.92. The van der Waals surface area contributed by atoms with Crippen LogP contribution in [0.2, 0.25) is 0 Å². The largest absolute Gasteiger partial charge is 0.494 e. The molecule has 112 valence electrons. The minimum Gasteiger partial charge on any atom is -0.494 e.